The van der Waals surface area contributed by atoms with Crippen molar-refractivity contribution in [3.05, 3.63) is 78.4 Å². The van der Waals surface area contributed by atoms with E-state index in [2.05, 4.69) is 70.3 Å². The molecule has 1 N–H and O–H groups in total. The molecule has 6 heteroatoms. The van der Waals surface area contributed by atoms with Crippen LogP contribution in [0.3, 0.4) is 0 Å². The molecule has 0 spiro atoms. The van der Waals surface area contributed by atoms with E-state index in [1.54, 1.807) is 0 Å². The van der Waals surface area contributed by atoms with Crippen molar-refractivity contribution in [3.8, 4) is 5.75 Å². The number of thiocarbonyl (C=S) groups is 1. The minimum Gasteiger partial charge on any atom is -0.494 e. The van der Waals surface area contributed by atoms with Crippen LogP contribution in [0.5, 0.6) is 5.75 Å². The fourth-order valence-electron chi connectivity index (χ4n) is 3.77. The van der Waals surface area contributed by atoms with Crippen LogP contribution in [0.2, 0.25) is 0 Å². The van der Waals surface area contributed by atoms with E-state index in [0.29, 0.717) is 17.8 Å². The first-order valence-electron chi connectivity index (χ1n) is 9.99. The highest BCUT2D eigenvalue weighted by molar-refractivity contribution is 7.80. The van der Waals surface area contributed by atoms with Crippen LogP contribution in [0.1, 0.15) is 50.2 Å². The Morgan fingerprint density at radius 2 is 1.93 bits per heavy atom. The minimum atomic E-state index is -0.0294. The van der Waals surface area contributed by atoms with Crippen LogP contribution >= 0.6 is 12.2 Å². The van der Waals surface area contributed by atoms with Crippen molar-refractivity contribution < 1.29 is 4.74 Å². The lowest BCUT2D eigenvalue weighted by Gasteiger charge is -2.27. The highest BCUT2D eigenvalue weighted by Crippen LogP contribution is 2.42. The van der Waals surface area contributed by atoms with E-state index in [1.807, 2.05) is 37.4 Å². The Morgan fingerprint density at radius 3 is 2.55 bits per heavy atom. The van der Waals surface area contributed by atoms with Crippen molar-refractivity contribution in [2.24, 2.45) is 0 Å². The summed E-state index contributed by atoms with van der Waals surface area (Å²) in [5.74, 6) is 0.859. The predicted molar refractivity (Wildman–Crippen MR) is 120 cm³/mol. The van der Waals surface area contributed by atoms with Crippen LogP contribution in [0.15, 0.2) is 67.1 Å². The van der Waals surface area contributed by atoms with Gasteiger partial charge in [0, 0.05) is 30.3 Å². The molecule has 1 fully saturated rings. The Bertz CT molecular complexity index is 968. The van der Waals surface area contributed by atoms with Gasteiger partial charge in [-0.25, -0.2) is 0 Å². The Morgan fingerprint density at radius 1 is 1.14 bits per heavy atom. The number of nitrogens with zero attached hydrogens (tertiary/aromatic N) is 3. The van der Waals surface area contributed by atoms with E-state index in [-0.39, 0.29) is 12.1 Å². The van der Waals surface area contributed by atoms with E-state index in [9.17, 15) is 0 Å². The molecule has 0 amide bonds. The fourth-order valence-corrected chi connectivity index (χ4v) is 4.11. The van der Waals surface area contributed by atoms with E-state index in [0.717, 1.165) is 17.1 Å². The second-order valence-electron chi connectivity index (χ2n) is 7.41. The van der Waals surface area contributed by atoms with Crippen LogP contribution in [-0.4, -0.2) is 21.3 Å². The number of nitrogens with one attached hydrogen (secondary N) is 1. The minimum absolute atomic E-state index is 0.00958. The van der Waals surface area contributed by atoms with Crippen molar-refractivity contribution in [2.75, 3.05) is 11.5 Å². The normalized spacial score (nSPS) is 18.9. The standard InChI is InChI=1S/C23H26N4OS/c1-4-28-19-10-8-18(9-11-19)27-22(17-12-14-26(15-17)16(2)3)21(25-23(27)29)20-7-5-6-13-24-20/h5-16,21-22H,4H2,1-3H3,(H,25,29)/t21-,22+/m0/s1. The van der Waals surface area contributed by atoms with Crippen LogP contribution in [-0.2, 0) is 0 Å². The maximum Gasteiger partial charge on any atom is 0.174 e. The zero-order chi connectivity index (χ0) is 20.4. The average Bonchev–Trinajstić information content (AvgIpc) is 3.34. The summed E-state index contributed by atoms with van der Waals surface area (Å²) in [4.78, 5) is 6.79. The number of hydrogen-bond acceptors (Lipinski definition) is 3. The Balaban J connectivity index is 1.76. The number of pyridine rings is 1. The summed E-state index contributed by atoms with van der Waals surface area (Å²) in [5, 5.41) is 4.20. The topological polar surface area (TPSA) is 42.3 Å². The van der Waals surface area contributed by atoms with Gasteiger partial charge in [-0.2, -0.15) is 0 Å². The molecular weight excluding hydrogens is 380 g/mol. The molecule has 1 aliphatic heterocycles. The first kappa shape index (κ1) is 19.5. The van der Waals surface area contributed by atoms with Crippen LogP contribution < -0.4 is 15.0 Å². The van der Waals surface area contributed by atoms with E-state index < -0.39 is 0 Å². The zero-order valence-electron chi connectivity index (χ0n) is 16.9. The number of aromatic nitrogens is 2. The molecule has 3 heterocycles. The molecule has 1 aromatic carbocycles. The van der Waals surface area contributed by atoms with Crippen LogP contribution in [0, 0.1) is 0 Å². The van der Waals surface area contributed by atoms with Gasteiger partial charge in [-0.1, -0.05) is 6.07 Å². The number of ether oxygens (including phenoxy) is 1. The molecule has 1 saturated heterocycles. The third-order valence-corrected chi connectivity index (χ3v) is 5.51. The van der Waals surface area contributed by atoms with Crippen molar-refractivity contribution in [2.45, 2.75) is 38.9 Å². The highest BCUT2D eigenvalue weighted by atomic mass is 32.1. The van der Waals surface area contributed by atoms with Gasteiger partial charge in [0.25, 0.3) is 0 Å². The smallest absolute Gasteiger partial charge is 0.174 e. The molecule has 0 unspecified atom stereocenters. The maximum atomic E-state index is 5.77. The number of benzene rings is 1. The molecule has 150 valence electrons. The molecular formula is C23H26N4OS. The second kappa shape index (κ2) is 8.25. The Hall–Kier alpha value is -2.86. The van der Waals surface area contributed by atoms with Gasteiger partial charge in [0.1, 0.15) is 5.75 Å². The molecule has 1 aliphatic rings. The molecule has 0 saturated carbocycles. The quantitative estimate of drug-likeness (QED) is 0.581. The summed E-state index contributed by atoms with van der Waals surface area (Å²) in [6, 6.07) is 16.7. The first-order valence-corrected chi connectivity index (χ1v) is 10.4. The molecule has 0 bridgehead atoms. The van der Waals surface area contributed by atoms with E-state index >= 15 is 0 Å². The van der Waals surface area contributed by atoms with Gasteiger partial charge in [-0.3, -0.25) is 4.98 Å². The zero-order valence-corrected chi connectivity index (χ0v) is 17.8. The molecule has 0 aliphatic carbocycles. The summed E-state index contributed by atoms with van der Waals surface area (Å²) in [7, 11) is 0. The summed E-state index contributed by atoms with van der Waals surface area (Å²) >= 11 is 5.77. The van der Waals surface area contributed by atoms with Gasteiger partial charge in [-0.15, -0.1) is 0 Å². The molecule has 2 aromatic heterocycles. The number of hydrogen-bond donors (Lipinski definition) is 1. The summed E-state index contributed by atoms with van der Waals surface area (Å²) < 4.78 is 7.83. The van der Waals surface area contributed by atoms with Crippen LogP contribution in [0.4, 0.5) is 5.69 Å². The lowest BCUT2D eigenvalue weighted by molar-refractivity contribution is 0.340. The third-order valence-electron chi connectivity index (χ3n) is 5.20. The van der Waals surface area contributed by atoms with Gasteiger partial charge in [0.05, 0.1) is 24.4 Å². The maximum absolute atomic E-state index is 5.77. The van der Waals surface area contributed by atoms with Crippen molar-refractivity contribution in [1.29, 1.82) is 0 Å². The number of anilines is 1. The van der Waals surface area contributed by atoms with Gasteiger partial charge in [0.2, 0.25) is 0 Å². The van der Waals surface area contributed by atoms with E-state index in [4.69, 9.17) is 17.0 Å². The predicted octanol–water partition coefficient (Wildman–Crippen LogP) is 5.04. The highest BCUT2D eigenvalue weighted by Gasteiger charge is 2.41. The molecule has 5 nitrogen and oxygen atoms in total. The average molecular weight is 407 g/mol. The van der Waals surface area contributed by atoms with Gasteiger partial charge in [-0.05, 0) is 81.0 Å². The summed E-state index contributed by atoms with van der Waals surface area (Å²) in [6.45, 7) is 7.00. The summed E-state index contributed by atoms with van der Waals surface area (Å²) in [5.41, 5.74) is 3.22. The van der Waals surface area contributed by atoms with Gasteiger partial charge < -0.3 is 19.5 Å². The molecule has 29 heavy (non-hydrogen) atoms. The third kappa shape index (κ3) is 3.85. The molecule has 0 radical (unpaired) electrons. The van der Waals surface area contributed by atoms with E-state index in [1.165, 1.54) is 5.56 Å². The monoisotopic (exact) mass is 406 g/mol. The summed E-state index contributed by atoms with van der Waals surface area (Å²) in [6.07, 6.45) is 6.17. The Kier molecular flexibility index (Phi) is 5.53. The lowest BCUT2D eigenvalue weighted by Crippen LogP contribution is -2.29. The van der Waals surface area contributed by atoms with Crippen molar-refractivity contribution >= 4 is 23.0 Å². The van der Waals surface area contributed by atoms with Crippen LogP contribution in [0.25, 0.3) is 0 Å². The molecule has 4 rings (SSSR count). The van der Waals surface area contributed by atoms with Crippen molar-refractivity contribution in [3.63, 3.8) is 0 Å². The SMILES string of the molecule is CCOc1ccc(N2C(=S)N[C@@H](c3ccccn3)[C@H]2c2ccn(C(C)C)c2)cc1. The van der Waals surface area contributed by atoms with Crippen molar-refractivity contribution in [1.82, 2.24) is 14.9 Å². The fraction of sp³-hybridized carbons (Fsp3) is 0.304. The van der Waals surface area contributed by atoms with Gasteiger partial charge in [0.15, 0.2) is 5.11 Å². The Labute approximate surface area is 177 Å². The molecule has 3 aromatic rings. The second-order valence-corrected chi connectivity index (χ2v) is 7.80. The number of rotatable bonds is 6. The first-order chi connectivity index (χ1) is 14.1. The molecule has 2 atom stereocenters. The lowest BCUT2D eigenvalue weighted by atomic mass is 9.98. The largest absolute Gasteiger partial charge is 0.494 e. The van der Waals surface area contributed by atoms with Gasteiger partial charge >= 0.3 is 0 Å².